The zero-order valence-electron chi connectivity index (χ0n) is 18.0. The van der Waals surface area contributed by atoms with Gasteiger partial charge >= 0.3 is 6.18 Å². The summed E-state index contributed by atoms with van der Waals surface area (Å²) in [7, 11) is -3.90. The fourth-order valence-electron chi connectivity index (χ4n) is 3.62. The van der Waals surface area contributed by atoms with Gasteiger partial charge in [0.1, 0.15) is 0 Å². The number of hydroxylamine groups is 1. The van der Waals surface area contributed by atoms with Crippen LogP contribution in [0.1, 0.15) is 22.4 Å². The van der Waals surface area contributed by atoms with Gasteiger partial charge in [-0.2, -0.15) is 13.2 Å². The first-order valence-corrected chi connectivity index (χ1v) is 12.4. The van der Waals surface area contributed by atoms with Crippen LogP contribution in [0.25, 0.3) is 5.70 Å². The van der Waals surface area contributed by atoms with E-state index in [1.807, 2.05) is 0 Å². The molecule has 2 N–H and O–H groups in total. The normalized spacial score (nSPS) is 18.3. The summed E-state index contributed by atoms with van der Waals surface area (Å²) in [6, 6.07) is 12.8. The largest absolute Gasteiger partial charge is 0.428 e. The second-order valence-corrected chi connectivity index (χ2v) is 10.4. The highest BCUT2D eigenvalue weighted by Gasteiger charge is 2.59. The lowest BCUT2D eigenvalue weighted by Gasteiger charge is -2.28. The summed E-state index contributed by atoms with van der Waals surface area (Å²) < 4.78 is 70.6. The molecule has 2 heterocycles. The molecule has 1 aromatic heterocycles. The lowest BCUT2D eigenvalue weighted by Crippen LogP contribution is -2.42. The molecule has 0 spiro atoms. The minimum atomic E-state index is -4.86. The molecule has 0 radical (unpaired) electrons. The van der Waals surface area contributed by atoms with Crippen LogP contribution < -0.4 is 10.2 Å². The summed E-state index contributed by atoms with van der Waals surface area (Å²) >= 11 is 11.8. The van der Waals surface area contributed by atoms with Crippen LogP contribution in [0.3, 0.4) is 0 Å². The molecule has 1 aliphatic heterocycles. The Morgan fingerprint density at radius 1 is 1.09 bits per heavy atom. The molecule has 0 saturated heterocycles. The second-order valence-electron chi connectivity index (χ2n) is 7.78. The van der Waals surface area contributed by atoms with Crippen LogP contribution >= 0.6 is 23.2 Å². The highest BCUT2D eigenvalue weighted by atomic mass is 35.5. The Balaban J connectivity index is 1.66. The van der Waals surface area contributed by atoms with Gasteiger partial charge in [0.05, 0.1) is 22.8 Å². The van der Waals surface area contributed by atoms with Gasteiger partial charge in [0.25, 0.3) is 0 Å². The monoisotopic (exact) mass is 543 g/mol. The van der Waals surface area contributed by atoms with Gasteiger partial charge in [-0.05, 0) is 61.0 Å². The van der Waals surface area contributed by atoms with E-state index in [2.05, 4.69) is 15.2 Å². The number of pyridine rings is 1. The van der Waals surface area contributed by atoms with E-state index in [0.717, 1.165) is 18.2 Å². The number of sulfonamides is 1. The molecule has 0 aliphatic carbocycles. The van der Waals surface area contributed by atoms with Crippen LogP contribution in [-0.4, -0.2) is 19.6 Å². The number of nitrogens with zero attached hydrogens (tertiary/aromatic N) is 1. The molecule has 0 amide bonds. The number of halogens is 5. The molecular formula is C23H18Cl2F3N3O3S. The van der Waals surface area contributed by atoms with E-state index in [1.165, 1.54) is 24.3 Å². The van der Waals surface area contributed by atoms with Crippen molar-refractivity contribution in [1.29, 1.82) is 0 Å². The van der Waals surface area contributed by atoms with E-state index in [4.69, 9.17) is 28.0 Å². The highest BCUT2D eigenvalue weighted by molar-refractivity contribution is 7.89. The van der Waals surface area contributed by atoms with E-state index >= 15 is 0 Å². The maximum Gasteiger partial charge on any atom is 0.428 e. The number of alkyl halides is 3. The summed E-state index contributed by atoms with van der Waals surface area (Å²) in [6.07, 6.45) is -2.44. The summed E-state index contributed by atoms with van der Waals surface area (Å²) in [5.41, 5.74) is 0.334. The van der Waals surface area contributed by atoms with Crippen LogP contribution in [0, 0.1) is 6.92 Å². The van der Waals surface area contributed by atoms with Gasteiger partial charge in [-0.15, -0.1) is 0 Å². The van der Waals surface area contributed by atoms with E-state index in [0.29, 0.717) is 16.8 Å². The number of aromatic nitrogens is 1. The Kier molecular flexibility index (Phi) is 6.87. The van der Waals surface area contributed by atoms with Crippen LogP contribution in [0.4, 0.5) is 13.2 Å². The zero-order valence-corrected chi connectivity index (χ0v) is 20.4. The fourth-order valence-corrected chi connectivity index (χ4v) is 5.37. The molecule has 184 valence electrons. The first-order valence-electron chi connectivity index (χ1n) is 10.1. The van der Waals surface area contributed by atoms with Crippen molar-refractivity contribution in [2.75, 3.05) is 0 Å². The number of hydrogen-bond donors (Lipinski definition) is 2. The number of hydrogen-bond acceptors (Lipinski definition) is 5. The fraction of sp³-hybridized carbons (Fsp3) is 0.174. The van der Waals surface area contributed by atoms with E-state index < -0.39 is 21.8 Å². The van der Waals surface area contributed by atoms with Crippen LogP contribution in [-0.2, 0) is 27.0 Å². The number of rotatable bonds is 6. The van der Waals surface area contributed by atoms with Crippen molar-refractivity contribution in [1.82, 2.24) is 15.2 Å². The Bertz CT molecular complexity index is 1380. The first kappa shape index (κ1) is 25.5. The van der Waals surface area contributed by atoms with Gasteiger partial charge in [-0.1, -0.05) is 35.3 Å². The summed E-state index contributed by atoms with van der Waals surface area (Å²) in [5, 5.41) is 0.0374. The van der Waals surface area contributed by atoms with Crippen molar-refractivity contribution >= 4 is 38.9 Å². The van der Waals surface area contributed by atoms with Gasteiger partial charge < -0.3 is 0 Å². The molecule has 0 saturated carbocycles. The molecule has 12 heteroatoms. The van der Waals surface area contributed by atoms with Crippen molar-refractivity contribution in [3.8, 4) is 0 Å². The third kappa shape index (κ3) is 5.17. The molecule has 0 fully saturated rings. The average molecular weight is 544 g/mol. The molecule has 1 aliphatic rings. The summed E-state index contributed by atoms with van der Waals surface area (Å²) in [4.78, 5) is 9.13. The van der Waals surface area contributed by atoms with Crippen molar-refractivity contribution in [3.63, 3.8) is 0 Å². The van der Waals surface area contributed by atoms with Gasteiger partial charge in [0.2, 0.25) is 15.6 Å². The second kappa shape index (κ2) is 9.44. The van der Waals surface area contributed by atoms with Crippen molar-refractivity contribution in [2.45, 2.75) is 30.1 Å². The van der Waals surface area contributed by atoms with Crippen LogP contribution in [0.15, 0.2) is 71.8 Å². The lowest BCUT2D eigenvalue weighted by atomic mass is 9.91. The molecule has 35 heavy (non-hydrogen) atoms. The van der Waals surface area contributed by atoms with Gasteiger partial charge in [-0.25, -0.2) is 13.1 Å². The Labute approximate surface area is 209 Å². The molecule has 4 rings (SSSR count). The predicted octanol–water partition coefficient (Wildman–Crippen LogP) is 5.51. The zero-order chi connectivity index (χ0) is 25.4. The number of nitrogens with one attached hydrogen (secondary N) is 2. The topological polar surface area (TPSA) is 80.3 Å². The molecule has 6 nitrogen and oxygen atoms in total. The minimum Gasteiger partial charge on any atom is -0.265 e. The van der Waals surface area contributed by atoms with Crippen molar-refractivity contribution in [2.24, 2.45) is 0 Å². The molecule has 1 atom stereocenters. The first-order chi connectivity index (χ1) is 16.4. The number of aryl methyl sites for hydroxylation is 1. The molecular weight excluding hydrogens is 526 g/mol. The average Bonchev–Trinajstić information content (AvgIpc) is 3.25. The van der Waals surface area contributed by atoms with E-state index in [9.17, 15) is 21.6 Å². The maximum absolute atomic E-state index is 14.2. The molecule has 3 aromatic rings. The van der Waals surface area contributed by atoms with Gasteiger partial charge in [0, 0.05) is 27.4 Å². The third-order valence-electron chi connectivity index (χ3n) is 5.33. The van der Waals surface area contributed by atoms with Crippen molar-refractivity contribution < 1.29 is 26.4 Å². The van der Waals surface area contributed by atoms with E-state index in [1.54, 1.807) is 31.3 Å². The quantitative estimate of drug-likeness (QED) is 0.428. The summed E-state index contributed by atoms with van der Waals surface area (Å²) in [6.45, 7) is 1.53. The Morgan fingerprint density at radius 2 is 1.80 bits per heavy atom. The standard InChI is InChI=1S/C23H18Cl2F3N3O3S/c1-14-8-15(5-6-21(14)35(32,33)30-13-19-4-2-3-7-29-19)20-12-22(34-31-20,23(26,27)28)16-9-17(24)11-18(25)10-16/h2-12,30-31H,13H2,1H3. The maximum atomic E-state index is 14.2. The molecule has 2 aromatic carbocycles. The van der Waals surface area contributed by atoms with Crippen molar-refractivity contribution in [3.05, 3.63) is 99.3 Å². The smallest absolute Gasteiger partial charge is 0.265 e. The van der Waals surface area contributed by atoms with Crippen LogP contribution in [0.2, 0.25) is 10.0 Å². The minimum absolute atomic E-state index is 0.00640. The number of benzene rings is 2. The summed E-state index contributed by atoms with van der Waals surface area (Å²) in [5.74, 6) is 0. The Hall–Kier alpha value is -2.63. The van der Waals surface area contributed by atoms with Gasteiger partial charge in [-0.3, -0.25) is 15.3 Å². The Morgan fingerprint density at radius 3 is 2.40 bits per heavy atom. The SMILES string of the molecule is Cc1cc(C2=CC(c3cc(Cl)cc(Cl)c3)(C(F)(F)F)ON2)ccc1S(=O)(=O)NCc1ccccn1. The predicted molar refractivity (Wildman–Crippen MR) is 126 cm³/mol. The highest BCUT2D eigenvalue weighted by Crippen LogP contribution is 2.48. The lowest BCUT2D eigenvalue weighted by molar-refractivity contribution is -0.269. The molecule has 0 bridgehead atoms. The third-order valence-corrected chi connectivity index (χ3v) is 7.32. The molecule has 1 unspecified atom stereocenters. The van der Waals surface area contributed by atoms with E-state index in [-0.39, 0.29) is 32.7 Å². The van der Waals surface area contributed by atoms with Crippen LogP contribution in [0.5, 0.6) is 0 Å². The van der Waals surface area contributed by atoms with Gasteiger partial charge in [0.15, 0.2) is 0 Å².